The van der Waals surface area contributed by atoms with Gasteiger partial charge < -0.3 is 15.5 Å². The number of rotatable bonds is 51. The van der Waals surface area contributed by atoms with E-state index < -0.39 is 12.1 Å². The highest BCUT2D eigenvalue weighted by molar-refractivity contribution is 5.76. The Morgan fingerprint density at radius 1 is 0.345 bits per heavy atom. The van der Waals surface area contributed by atoms with E-state index in [0.717, 1.165) is 25.7 Å². The maximum atomic E-state index is 12.4. The Balaban J connectivity index is 3.33. The van der Waals surface area contributed by atoms with E-state index in [0.29, 0.717) is 12.8 Å². The van der Waals surface area contributed by atoms with Gasteiger partial charge in [0.1, 0.15) is 0 Å². The van der Waals surface area contributed by atoms with E-state index in [2.05, 4.69) is 19.2 Å². The fourth-order valence-corrected chi connectivity index (χ4v) is 8.95. The highest BCUT2D eigenvalue weighted by atomic mass is 16.3. The van der Waals surface area contributed by atoms with Crippen LogP contribution in [-0.2, 0) is 4.79 Å². The summed E-state index contributed by atoms with van der Waals surface area (Å²) in [5, 5.41) is 23.2. The number of unbranched alkanes of at least 4 members (excludes halogenated alkanes) is 44. The lowest BCUT2D eigenvalue weighted by atomic mass is 10.0. The molecule has 0 rings (SSSR count). The van der Waals surface area contributed by atoms with Crippen LogP contribution in [-0.4, -0.2) is 34.9 Å². The van der Waals surface area contributed by atoms with Crippen molar-refractivity contribution in [1.82, 2.24) is 5.32 Å². The third-order valence-electron chi connectivity index (χ3n) is 13.1. The summed E-state index contributed by atoms with van der Waals surface area (Å²) >= 11 is 0. The molecule has 0 radical (unpaired) electrons. The van der Waals surface area contributed by atoms with Crippen LogP contribution >= 0.6 is 0 Å². The molecule has 58 heavy (non-hydrogen) atoms. The number of aliphatic hydroxyl groups is 2. The van der Waals surface area contributed by atoms with Crippen molar-refractivity contribution in [2.45, 2.75) is 334 Å². The second kappa shape index (κ2) is 50.7. The molecule has 0 aliphatic heterocycles. The Bertz CT molecular complexity index is 759. The SMILES string of the molecule is CCCCCCCCCCCCCCCCCCCCCCCCCCCCCCCCCCCCC(=O)N[C@@H](CO)[C@H](O)CCCCCCCCCCCCCC. The summed E-state index contributed by atoms with van der Waals surface area (Å²) in [5.41, 5.74) is 0. The maximum absolute atomic E-state index is 12.4. The van der Waals surface area contributed by atoms with Gasteiger partial charge in [0.15, 0.2) is 0 Å². The van der Waals surface area contributed by atoms with Gasteiger partial charge in [0.25, 0.3) is 0 Å². The summed E-state index contributed by atoms with van der Waals surface area (Å²) in [5.74, 6) is -0.0244. The molecule has 4 nitrogen and oxygen atoms in total. The van der Waals surface area contributed by atoms with Gasteiger partial charge in [-0.3, -0.25) is 4.79 Å². The second-order valence-electron chi connectivity index (χ2n) is 19.0. The summed E-state index contributed by atoms with van der Waals surface area (Å²) < 4.78 is 0. The van der Waals surface area contributed by atoms with Crippen LogP contribution in [0.5, 0.6) is 0 Å². The first-order chi connectivity index (χ1) is 28.7. The molecule has 0 spiro atoms. The Kier molecular flexibility index (Phi) is 50.2. The Morgan fingerprint density at radius 3 is 0.776 bits per heavy atom. The first-order valence-electron chi connectivity index (χ1n) is 27.2. The molecule has 2 atom stereocenters. The number of carbonyl (C=O) groups excluding carboxylic acids is 1. The summed E-state index contributed by atoms with van der Waals surface area (Å²) in [6.07, 6.45) is 63.9. The average Bonchev–Trinajstić information content (AvgIpc) is 3.23. The molecule has 0 aromatic rings. The molecule has 0 aliphatic rings. The van der Waals surface area contributed by atoms with Crippen LogP contribution in [0.25, 0.3) is 0 Å². The average molecular weight is 820 g/mol. The van der Waals surface area contributed by atoms with Crippen molar-refractivity contribution >= 4 is 5.91 Å². The van der Waals surface area contributed by atoms with Crippen LogP contribution in [0.1, 0.15) is 322 Å². The molecule has 1 amide bonds. The van der Waals surface area contributed by atoms with E-state index in [1.54, 1.807) is 0 Å². The molecule has 348 valence electrons. The Labute approximate surface area is 365 Å². The maximum Gasteiger partial charge on any atom is 0.220 e. The standard InChI is InChI=1S/C54H109NO3/c1-3-5-7-9-11-13-15-17-18-19-20-21-22-23-24-25-26-27-28-29-30-31-32-33-34-35-36-37-38-40-42-44-46-48-50-54(58)55-52(51-56)53(57)49-47-45-43-41-39-16-14-12-10-8-6-4-2/h52-53,56-57H,3-51H2,1-2H3,(H,55,58)/t52-,53+/m0/s1. The molecule has 0 fully saturated rings. The predicted octanol–water partition coefficient (Wildman–Crippen LogP) is 17.6. The number of nitrogens with one attached hydrogen (secondary N) is 1. The van der Waals surface area contributed by atoms with Gasteiger partial charge in [0.2, 0.25) is 5.91 Å². The van der Waals surface area contributed by atoms with Gasteiger partial charge in [0, 0.05) is 6.42 Å². The lowest BCUT2D eigenvalue weighted by molar-refractivity contribution is -0.123. The Morgan fingerprint density at radius 2 is 0.552 bits per heavy atom. The van der Waals surface area contributed by atoms with Crippen LogP contribution in [0, 0.1) is 0 Å². The van der Waals surface area contributed by atoms with Gasteiger partial charge >= 0.3 is 0 Å². The van der Waals surface area contributed by atoms with Crippen molar-refractivity contribution in [3.8, 4) is 0 Å². The Hall–Kier alpha value is -0.610. The van der Waals surface area contributed by atoms with Crippen molar-refractivity contribution in [1.29, 1.82) is 0 Å². The van der Waals surface area contributed by atoms with Gasteiger partial charge in [-0.15, -0.1) is 0 Å². The van der Waals surface area contributed by atoms with Crippen molar-refractivity contribution in [2.75, 3.05) is 6.61 Å². The minimum atomic E-state index is -0.653. The quantitative estimate of drug-likeness (QED) is 0.0536. The van der Waals surface area contributed by atoms with Crippen LogP contribution in [0.4, 0.5) is 0 Å². The van der Waals surface area contributed by atoms with E-state index in [1.165, 1.54) is 270 Å². The van der Waals surface area contributed by atoms with E-state index in [9.17, 15) is 15.0 Å². The van der Waals surface area contributed by atoms with E-state index in [4.69, 9.17) is 0 Å². The minimum absolute atomic E-state index is 0.0244. The highest BCUT2D eigenvalue weighted by Crippen LogP contribution is 2.18. The first kappa shape index (κ1) is 57.4. The normalized spacial score (nSPS) is 12.7. The van der Waals surface area contributed by atoms with Crippen LogP contribution < -0.4 is 5.32 Å². The van der Waals surface area contributed by atoms with Crippen molar-refractivity contribution < 1.29 is 15.0 Å². The lowest BCUT2D eigenvalue weighted by Crippen LogP contribution is -2.45. The number of aliphatic hydroxyl groups excluding tert-OH is 2. The first-order valence-corrected chi connectivity index (χ1v) is 27.2. The zero-order chi connectivity index (χ0) is 42.1. The smallest absolute Gasteiger partial charge is 0.220 e. The molecule has 0 saturated carbocycles. The highest BCUT2D eigenvalue weighted by Gasteiger charge is 2.20. The monoisotopic (exact) mass is 820 g/mol. The molecule has 0 saturated heterocycles. The fourth-order valence-electron chi connectivity index (χ4n) is 8.95. The van der Waals surface area contributed by atoms with Gasteiger partial charge in [-0.05, 0) is 12.8 Å². The third-order valence-corrected chi connectivity index (χ3v) is 13.1. The van der Waals surface area contributed by atoms with Crippen molar-refractivity contribution in [3.05, 3.63) is 0 Å². The van der Waals surface area contributed by atoms with Gasteiger partial charge in [-0.25, -0.2) is 0 Å². The zero-order valence-corrected chi connectivity index (χ0v) is 40.1. The summed E-state index contributed by atoms with van der Waals surface area (Å²) in [7, 11) is 0. The van der Waals surface area contributed by atoms with E-state index >= 15 is 0 Å². The van der Waals surface area contributed by atoms with E-state index in [-0.39, 0.29) is 12.5 Å². The molecule has 0 bridgehead atoms. The number of amides is 1. The molecule has 0 aromatic heterocycles. The predicted molar refractivity (Wildman–Crippen MR) is 258 cm³/mol. The fraction of sp³-hybridized carbons (Fsp3) is 0.981. The molecule has 0 aliphatic carbocycles. The molecule has 0 aromatic carbocycles. The van der Waals surface area contributed by atoms with Crippen molar-refractivity contribution in [2.24, 2.45) is 0 Å². The zero-order valence-electron chi connectivity index (χ0n) is 40.1. The van der Waals surface area contributed by atoms with Crippen LogP contribution in [0.3, 0.4) is 0 Å². The summed E-state index contributed by atoms with van der Waals surface area (Å²) in [6, 6.07) is -0.529. The van der Waals surface area contributed by atoms with Gasteiger partial charge in [-0.1, -0.05) is 303 Å². The largest absolute Gasteiger partial charge is 0.394 e. The molecular formula is C54H109NO3. The second-order valence-corrected chi connectivity index (χ2v) is 19.0. The number of carbonyl (C=O) groups is 1. The summed E-state index contributed by atoms with van der Waals surface area (Å²) in [6.45, 7) is 4.39. The lowest BCUT2D eigenvalue weighted by Gasteiger charge is -2.22. The summed E-state index contributed by atoms with van der Waals surface area (Å²) in [4.78, 5) is 12.4. The van der Waals surface area contributed by atoms with Gasteiger partial charge in [0.05, 0.1) is 18.8 Å². The number of hydrogen-bond donors (Lipinski definition) is 3. The molecule has 4 heteroatoms. The third kappa shape index (κ3) is 46.5. The number of hydrogen-bond acceptors (Lipinski definition) is 3. The topological polar surface area (TPSA) is 69.6 Å². The van der Waals surface area contributed by atoms with Gasteiger partial charge in [-0.2, -0.15) is 0 Å². The van der Waals surface area contributed by atoms with Crippen molar-refractivity contribution in [3.63, 3.8) is 0 Å². The van der Waals surface area contributed by atoms with Crippen LogP contribution in [0.15, 0.2) is 0 Å². The minimum Gasteiger partial charge on any atom is -0.394 e. The molecule has 0 unspecified atom stereocenters. The molecular weight excluding hydrogens is 711 g/mol. The van der Waals surface area contributed by atoms with Crippen LogP contribution in [0.2, 0.25) is 0 Å². The van der Waals surface area contributed by atoms with E-state index in [1.807, 2.05) is 0 Å². The molecule has 3 N–H and O–H groups in total. The molecule has 0 heterocycles.